The molecular weight excluding hydrogens is 420 g/mol. The number of para-hydroxylation sites is 2. The number of aromatic nitrogens is 1. The maximum Gasteiger partial charge on any atom is 0.269 e. The fourth-order valence-electron chi connectivity index (χ4n) is 3.43. The summed E-state index contributed by atoms with van der Waals surface area (Å²) in [4.78, 5) is 28.2. The molecule has 5 rings (SSSR count). The van der Waals surface area contributed by atoms with Crippen LogP contribution in [0.3, 0.4) is 0 Å². The number of rotatable bonds is 6. The van der Waals surface area contributed by atoms with Crippen LogP contribution in [0.15, 0.2) is 99.8 Å². The lowest BCUT2D eigenvalue weighted by Gasteiger charge is -2.03. The molecule has 7 heteroatoms. The van der Waals surface area contributed by atoms with Gasteiger partial charge in [-0.3, -0.25) is 14.9 Å². The average molecular weight is 436 g/mol. The van der Waals surface area contributed by atoms with E-state index >= 15 is 0 Å². The summed E-state index contributed by atoms with van der Waals surface area (Å²) in [6, 6.07) is 25.7. The van der Waals surface area contributed by atoms with Crippen LogP contribution >= 0.6 is 0 Å². The van der Waals surface area contributed by atoms with Crippen LogP contribution in [0.4, 0.5) is 5.69 Å². The molecule has 7 nitrogen and oxygen atoms in total. The van der Waals surface area contributed by atoms with Gasteiger partial charge in [-0.1, -0.05) is 42.5 Å². The number of furan rings is 1. The first kappa shape index (κ1) is 20.1. The zero-order valence-electron chi connectivity index (χ0n) is 17.2. The predicted octanol–water partition coefficient (Wildman–Crippen LogP) is 6.42. The number of carbonyl (C=O) groups is 1. The van der Waals surface area contributed by atoms with Gasteiger partial charge in [-0.2, -0.15) is 0 Å². The van der Waals surface area contributed by atoms with E-state index in [0.29, 0.717) is 33.7 Å². The van der Waals surface area contributed by atoms with Crippen LogP contribution in [0.25, 0.3) is 34.1 Å². The maximum atomic E-state index is 13.3. The van der Waals surface area contributed by atoms with Crippen LogP contribution < -0.4 is 0 Å². The number of nitrogens with zero attached hydrogens (tertiary/aromatic N) is 2. The number of benzene rings is 3. The number of nitro groups is 1. The standard InChI is InChI=1S/C26H16N2O5/c29-25(18-6-2-1-3-7-18)21(26-27-22-8-4-5-9-24(22)33-26)16-20-14-15-23(32-20)17-10-12-19(13-11-17)28(30)31/h1-16H. The van der Waals surface area contributed by atoms with E-state index < -0.39 is 4.92 Å². The van der Waals surface area contributed by atoms with Crippen molar-refractivity contribution in [3.63, 3.8) is 0 Å². The number of hydrogen-bond acceptors (Lipinski definition) is 6. The first-order valence-corrected chi connectivity index (χ1v) is 10.1. The van der Waals surface area contributed by atoms with E-state index in [1.54, 1.807) is 60.7 Å². The molecule has 0 aliphatic heterocycles. The van der Waals surface area contributed by atoms with Gasteiger partial charge in [0.25, 0.3) is 5.69 Å². The Hall–Kier alpha value is -4.78. The highest BCUT2D eigenvalue weighted by Crippen LogP contribution is 2.29. The highest BCUT2D eigenvalue weighted by atomic mass is 16.6. The number of ketones is 1. The molecule has 0 N–H and O–H groups in total. The Morgan fingerprint density at radius 1 is 0.848 bits per heavy atom. The predicted molar refractivity (Wildman–Crippen MR) is 123 cm³/mol. The second kappa shape index (κ2) is 8.39. The summed E-state index contributed by atoms with van der Waals surface area (Å²) < 4.78 is 11.8. The SMILES string of the molecule is O=C(C(=Cc1ccc(-c2ccc([N+](=O)[O-])cc2)o1)c1nc2ccccc2o1)c1ccccc1. The minimum absolute atomic E-state index is 0.00266. The van der Waals surface area contributed by atoms with Crippen molar-refractivity contribution in [1.29, 1.82) is 0 Å². The van der Waals surface area contributed by atoms with Gasteiger partial charge in [-0.25, -0.2) is 4.98 Å². The van der Waals surface area contributed by atoms with E-state index in [1.165, 1.54) is 12.1 Å². The molecule has 0 amide bonds. The summed E-state index contributed by atoms with van der Waals surface area (Å²) in [6.07, 6.45) is 1.59. The lowest BCUT2D eigenvalue weighted by molar-refractivity contribution is -0.384. The molecule has 2 aromatic heterocycles. The second-order valence-electron chi connectivity index (χ2n) is 7.25. The molecule has 0 fully saturated rings. The number of allylic oxidation sites excluding steroid dienone is 1. The molecule has 0 aliphatic rings. The van der Waals surface area contributed by atoms with Gasteiger partial charge in [0, 0.05) is 23.3 Å². The topological polar surface area (TPSA) is 99.4 Å². The van der Waals surface area contributed by atoms with Crippen molar-refractivity contribution in [1.82, 2.24) is 4.98 Å². The molecule has 0 atom stereocenters. The summed E-state index contributed by atoms with van der Waals surface area (Å²) in [7, 11) is 0. The number of oxazole rings is 1. The Balaban J connectivity index is 1.56. The molecule has 0 saturated heterocycles. The molecule has 0 bridgehead atoms. The van der Waals surface area contributed by atoms with Crippen LogP contribution in [0, 0.1) is 10.1 Å². The minimum atomic E-state index is -0.456. The number of fused-ring (bicyclic) bond motifs is 1. The van der Waals surface area contributed by atoms with E-state index in [1.807, 2.05) is 24.3 Å². The van der Waals surface area contributed by atoms with Gasteiger partial charge in [0.1, 0.15) is 17.0 Å². The molecule has 3 aromatic carbocycles. The van der Waals surface area contributed by atoms with Gasteiger partial charge >= 0.3 is 0 Å². The Bertz CT molecular complexity index is 1460. The first-order chi connectivity index (χ1) is 16.1. The van der Waals surface area contributed by atoms with Crippen LogP contribution in [0.1, 0.15) is 22.0 Å². The average Bonchev–Trinajstić information content (AvgIpc) is 3.50. The van der Waals surface area contributed by atoms with Gasteiger partial charge in [0.15, 0.2) is 11.4 Å². The monoisotopic (exact) mass is 436 g/mol. The quantitative estimate of drug-likeness (QED) is 0.132. The smallest absolute Gasteiger partial charge is 0.269 e. The van der Waals surface area contributed by atoms with Crippen molar-refractivity contribution in [2.45, 2.75) is 0 Å². The van der Waals surface area contributed by atoms with Crippen molar-refractivity contribution >= 4 is 34.2 Å². The number of carbonyl (C=O) groups excluding carboxylic acids is 1. The van der Waals surface area contributed by atoms with E-state index in [4.69, 9.17) is 8.83 Å². The maximum absolute atomic E-state index is 13.3. The van der Waals surface area contributed by atoms with Crippen molar-refractivity contribution < 1.29 is 18.6 Å². The first-order valence-electron chi connectivity index (χ1n) is 10.1. The normalized spacial score (nSPS) is 11.6. The zero-order valence-corrected chi connectivity index (χ0v) is 17.2. The zero-order chi connectivity index (χ0) is 22.8. The highest BCUT2D eigenvalue weighted by Gasteiger charge is 2.21. The molecule has 0 saturated carbocycles. The van der Waals surface area contributed by atoms with Gasteiger partial charge in [-0.05, 0) is 42.5 Å². The number of Topliss-reactive ketones (excluding diaryl/α,β-unsaturated/α-hetero) is 1. The Morgan fingerprint density at radius 2 is 1.58 bits per heavy atom. The third kappa shape index (κ3) is 4.07. The van der Waals surface area contributed by atoms with E-state index in [9.17, 15) is 14.9 Å². The minimum Gasteiger partial charge on any atom is -0.457 e. The Labute approximate surface area is 187 Å². The molecule has 160 valence electrons. The molecular formula is C26H16N2O5. The van der Waals surface area contributed by atoms with Crippen molar-refractivity contribution in [3.05, 3.63) is 118 Å². The largest absolute Gasteiger partial charge is 0.457 e. The second-order valence-corrected chi connectivity index (χ2v) is 7.25. The summed E-state index contributed by atoms with van der Waals surface area (Å²) in [6.45, 7) is 0. The molecule has 0 aliphatic carbocycles. The summed E-state index contributed by atoms with van der Waals surface area (Å²) in [5, 5.41) is 10.9. The summed E-state index contributed by atoms with van der Waals surface area (Å²) in [5.41, 5.74) is 2.64. The molecule has 33 heavy (non-hydrogen) atoms. The van der Waals surface area contributed by atoms with Crippen LogP contribution in [0.2, 0.25) is 0 Å². The van der Waals surface area contributed by atoms with E-state index in [0.717, 1.165) is 0 Å². The molecule has 0 radical (unpaired) electrons. The van der Waals surface area contributed by atoms with Crippen molar-refractivity contribution in [2.24, 2.45) is 0 Å². The molecule has 0 unspecified atom stereocenters. The number of hydrogen-bond donors (Lipinski definition) is 0. The van der Waals surface area contributed by atoms with Crippen molar-refractivity contribution in [3.8, 4) is 11.3 Å². The fraction of sp³-hybridized carbons (Fsp3) is 0. The molecule has 2 heterocycles. The molecule has 5 aromatic rings. The van der Waals surface area contributed by atoms with E-state index in [-0.39, 0.29) is 22.9 Å². The van der Waals surface area contributed by atoms with Gasteiger partial charge in [-0.15, -0.1) is 0 Å². The van der Waals surface area contributed by atoms with Crippen LogP contribution in [-0.2, 0) is 0 Å². The lowest BCUT2D eigenvalue weighted by atomic mass is 10.0. The lowest BCUT2D eigenvalue weighted by Crippen LogP contribution is -2.03. The van der Waals surface area contributed by atoms with E-state index in [2.05, 4.69) is 4.98 Å². The van der Waals surface area contributed by atoms with Crippen molar-refractivity contribution in [2.75, 3.05) is 0 Å². The summed E-state index contributed by atoms with van der Waals surface area (Å²) >= 11 is 0. The third-order valence-electron chi connectivity index (χ3n) is 5.08. The Morgan fingerprint density at radius 3 is 2.30 bits per heavy atom. The summed E-state index contributed by atoms with van der Waals surface area (Å²) in [5.74, 6) is 0.874. The van der Waals surface area contributed by atoms with Gasteiger partial charge < -0.3 is 8.83 Å². The van der Waals surface area contributed by atoms with Crippen LogP contribution in [-0.4, -0.2) is 15.7 Å². The molecule has 0 spiro atoms. The van der Waals surface area contributed by atoms with Gasteiger partial charge in [0.05, 0.1) is 10.5 Å². The number of non-ortho nitro benzene ring substituents is 1. The highest BCUT2D eigenvalue weighted by molar-refractivity contribution is 6.31. The third-order valence-corrected chi connectivity index (χ3v) is 5.08. The number of nitro benzene ring substituents is 1. The Kier molecular flexibility index (Phi) is 5.12. The van der Waals surface area contributed by atoms with Gasteiger partial charge in [0.2, 0.25) is 5.89 Å². The fourth-order valence-corrected chi connectivity index (χ4v) is 3.43. The van der Waals surface area contributed by atoms with Crippen LogP contribution in [0.5, 0.6) is 0 Å².